The predicted octanol–water partition coefficient (Wildman–Crippen LogP) is 1.71. The van der Waals surface area contributed by atoms with Gasteiger partial charge in [-0.2, -0.15) is 26.3 Å². The first kappa shape index (κ1) is 17.3. The van der Waals surface area contributed by atoms with Gasteiger partial charge < -0.3 is 15.0 Å². The van der Waals surface area contributed by atoms with Gasteiger partial charge >= 0.3 is 12.4 Å². The number of carbonyl (C=O) groups is 1. The van der Waals surface area contributed by atoms with E-state index in [9.17, 15) is 31.1 Å². The topological polar surface area (TPSA) is 41.6 Å². The zero-order valence-corrected chi connectivity index (χ0v) is 11.7. The van der Waals surface area contributed by atoms with E-state index in [0.717, 1.165) is 0 Å². The highest BCUT2D eigenvalue weighted by molar-refractivity contribution is 5.83. The molecule has 2 heterocycles. The highest BCUT2D eigenvalue weighted by Crippen LogP contribution is 2.55. The number of morpholine rings is 1. The Morgan fingerprint density at radius 3 is 2.27 bits per heavy atom. The van der Waals surface area contributed by atoms with E-state index in [2.05, 4.69) is 5.32 Å². The molecule has 22 heavy (non-hydrogen) atoms. The molecule has 2 aliphatic heterocycles. The first-order valence-electron chi connectivity index (χ1n) is 6.77. The molecule has 1 N–H and O–H groups in total. The Hall–Kier alpha value is -1.03. The number of hydrogen-bond donors (Lipinski definition) is 1. The molecule has 128 valence electrons. The number of rotatable bonds is 1. The average molecular weight is 334 g/mol. The normalized spacial score (nSPS) is 29.7. The summed E-state index contributed by atoms with van der Waals surface area (Å²) in [6.45, 7) is 0.219. The van der Waals surface area contributed by atoms with Crippen LogP contribution in [0.25, 0.3) is 0 Å². The van der Waals surface area contributed by atoms with Crippen LogP contribution in [0.5, 0.6) is 0 Å². The number of nitrogens with zero attached hydrogens (tertiary/aromatic N) is 1. The summed E-state index contributed by atoms with van der Waals surface area (Å²) < 4.78 is 83.0. The first-order chi connectivity index (χ1) is 9.99. The Bertz CT molecular complexity index is 422. The van der Waals surface area contributed by atoms with Crippen LogP contribution in [0.2, 0.25) is 0 Å². The molecule has 10 heteroatoms. The van der Waals surface area contributed by atoms with Crippen molar-refractivity contribution in [3.05, 3.63) is 0 Å². The molecule has 0 spiro atoms. The average Bonchev–Trinajstić information content (AvgIpc) is 2.84. The van der Waals surface area contributed by atoms with Gasteiger partial charge in [0.1, 0.15) is 6.04 Å². The molecule has 0 unspecified atom stereocenters. The fraction of sp³-hybridized carbons (Fsp3) is 0.917. The van der Waals surface area contributed by atoms with E-state index in [1.165, 1.54) is 0 Å². The largest absolute Gasteiger partial charge is 0.404 e. The van der Waals surface area contributed by atoms with Crippen LogP contribution >= 0.6 is 0 Å². The van der Waals surface area contributed by atoms with Crippen molar-refractivity contribution < 1.29 is 35.9 Å². The Labute approximate surface area is 122 Å². The van der Waals surface area contributed by atoms with Gasteiger partial charge in [-0.05, 0) is 13.3 Å². The van der Waals surface area contributed by atoms with Gasteiger partial charge in [-0.25, -0.2) is 0 Å². The first-order valence-corrected chi connectivity index (χ1v) is 6.77. The van der Waals surface area contributed by atoms with Crippen LogP contribution in [0.4, 0.5) is 26.3 Å². The molecule has 0 saturated carbocycles. The molecule has 1 amide bonds. The van der Waals surface area contributed by atoms with Gasteiger partial charge in [0.25, 0.3) is 0 Å². The van der Waals surface area contributed by atoms with Crippen molar-refractivity contribution >= 4 is 5.91 Å². The standard InChI is InChI=1S/C12H16F6N2O2/c1-7-8(19-3-5-22-7)9(21)20-4-2-10(6-20,11(13,14)15)12(16,17)18/h7-8,19H,2-6H2,1H3/t7-,8+/m1/s1. The molecule has 2 rings (SSSR count). The maximum atomic E-state index is 13.0. The van der Waals surface area contributed by atoms with Crippen molar-refractivity contribution in [2.24, 2.45) is 5.41 Å². The third-order valence-corrected chi connectivity index (χ3v) is 4.25. The number of ether oxygens (including phenoxy) is 1. The lowest BCUT2D eigenvalue weighted by molar-refractivity contribution is -0.334. The lowest BCUT2D eigenvalue weighted by Crippen LogP contribution is -2.57. The van der Waals surface area contributed by atoms with E-state index < -0.39 is 55.3 Å². The minimum absolute atomic E-state index is 0.318. The van der Waals surface area contributed by atoms with Gasteiger partial charge in [-0.1, -0.05) is 0 Å². The van der Waals surface area contributed by atoms with E-state index in [-0.39, 0.29) is 0 Å². The number of hydrogen-bond acceptors (Lipinski definition) is 3. The smallest absolute Gasteiger partial charge is 0.375 e. The molecule has 2 fully saturated rings. The van der Waals surface area contributed by atoms with Gasteiger partial charge in [-0.3, -0.25) is 4.79 Å². The quantitative estimate of drug-likeness (QED) is 0.743. The molecule has 0 aromatic carbocycles. The second kappa shape index (κ2) is 5.55. The molecular weight excluding hydrogens is 318 g/mol. The van der Waals surface area contributed by atoms with E-state index in [1.807, 2.05) is 0 Å². The highest BCUT2D eigenvalue weighted by atomic mass is 19.4. The van der Waals surface area contributed by atoms with Gasteiger partial charge in [-0.15, -0.1) is 0 Å². The summed E-state index contributed by atoms with van der Waals surface area (Å²) in [4.78, 5) is 12.8. The zero-order chi connectivity index (χ0) is 16.8. The Balaban J connectivity index is 2.18. The van der Waals surface area contributed by atoms with Gasteiger partial charge in [0.05, 0.1) is 12.7 Å². The maximum Gasteiger partial charge on any atom is 0.404 e. The summed E-state index contributed by atoms with van der Waals surface area (Å²) in [5, 5.41) is 2.77. The van der Waals surface area contributed by atoms with Crippen molar-refractivity contribution in [3.8, 4) is 0 Å². The zero-order valence-electron chi connectivity index (χ0n) is 11.7. The van der Waals surface area contributed by atoms with Crippen LogP contribution in [0.3, 0.4) is 0 Å². The fourth-order valence-corrected chi connectivity index (χ4v) is 2.83. The van der Waals surface area contributed by atoms with Crippen molar-refractivity contribution in [2.75, 3.05) is 26.2 Å². The predicted molar refractivity (Wildman–Crippen MR) is 62.9 cm³/mol. The Morgan fingerprint density at radius 2 is 1.82 bits per heavy atom. The van der Waals surface area contributed by atoms with Crippen molar-refractivity contribution in [1.82, 2.24) is 10.2 Å². The van der Waals surface area contributed by atoms with E-state index in [0.29, 0.717) is 18.1 Å². The van der Waals surface area contributed by atoms with Gasteiger partial charge in [0.15, 0.2) is 5.41 Å². The molecule has 4 nitrogen and oxygen atoms in total. The van der Waals surface area contributed by atoms with E-state index in [1.54, 1.807) is 6.92 Å². The summed E-state index contributed by atoms with van der Waals surface area (Å²) in [6, 6.07) is -0.925. The summed E-state index contributed by atoms with van der Waals surface area (Å²) in [5.41, 5.74) is -3.85. The molecule has 0 bridgehead atoms. The highest BCUT2D eigenvalue weighted by Gasteiger charge is 2.73. The van der Waals surface area contributed by atoms with Gasteiger partial charge in [0, 0.05) is 19.6 Å². The third-order valence-electron chi connectivity index (χ3n) is 4.25. The number of likely N-dealkylation sites (tertiary alicyclic amines) is 1. The summed E-state index contributed by atoms with van der Waals surface area (Å²) >= 11 is 0. The number of alkyl halides is 6. The molecule has 0 aromatic rings. The lowest BCUT2D eigenvalue weighted by atomic mass is 9.85. The molecule has 0 aliphatic carbocycles. The molecule has 0 aromatic heterocycles. The van der Waals surface area contributed by atoms with Crippen molar-refractivity contribution in [3.63, 3.8) is 0 Å². The molecule has 0 radical (unpaired) electrons. The Morgan fingerprint density at radius 1 is 1.23 bits per heavy atom. The summed E-state index contributed by atoms with van der Waals surface area (Å²) in [7, 11) is 0. The molecule has 2 atom stereocenters. The summed E-state index contributed by atoms with van der Waals surface area (Å²) in [5.74, 6) is -0.789. The second-order valence-corrected chi connectivity index (χ2v) is 5.60. The number of amides is 1. The Kier molecular flexibility index (Phi) is 4.37. The fourth-order valence-electron chi connectivity index (χ4n) is 2.83. The maximum absolute atomic E-state index is 13.0. The number of halogens is 6. The minimum Gasteiger partial charge on any atom is -0.375 e. The van der Waals surface area contributed by atoms with Crippen LogP contribution in [-0.4, -0.2) is 61.5 Å². The van der Waals surface area contributed by atoms with E-state index in [4.69, 9.17) is 4.74 Å². The molecular formula is C12H16F6N2O2. The van der Waals surface area contributed by atoms with Crippen LogP contribution in [0.15, 0.2) is 0 Å². The van der Waals surface area contributed by atoms with Crippen LogP contribution < -0.4 is 5.32 Å². The molecule has 2 aliphatic rings. The third kappa shape index (κ3) is 2.78. The monoisotopic (exact) mass is 334 g/mol. The van der Waals surface area contributed by atoms with Crippen LogP contribution in [-0.2, 0) is 9.53 Å². The SMILES string of the molecule is C[C@H]1OCCN[C@@H]1C(=O)N1CCC(C(F)(F)F)(C(F)(F)F)C1. The van der Waals surface area contributed by atoms with Gasteiger partial charge in [0.2, 0.25) is 5.91 Å². The van der Waals surface area contributed by atoms with Crippen LogP contribution in [0.1, 0.15) is 13.3 Å². The van der Waals surface area contributed by atoms with E-state index >= 15 is 0 Å². The number of nitrogens with one attached hydrogen (secondary N) is 1. The van der Waals surface area contributed by atoms with Crippen LogP contribution in [0, 0.1) is 5.41 Å². The minimum atomic E-state index is -5.46. The lowest BCUT2D eigenvalue weighted by Gasteiger charge is -2.35. The van der Waals surface area contributed by atoms with Crippen molar-refractivity contribution in [2.45, 2.75) is 37.8 Å². The molecule has 2 saturated heterocycles. The summed E-state index contributed by atoms with van der Waals surface area (Å²) in [6.07, 6.45) is -12.7. The van der Waals surface area contributed by atoms with Crippen molar-refractivity contribution in [1.29, 1.82) is 0 Å². The number of carbonyl (C=O) groups excluding carboxylic acids is 1. The second-order valence-electron chi connectivity index (χ2n) is 5.60.